The van der Waals surface area contributed by atoms with Crippen molar-refractivity contribution < 1.29 is 9.18 Å². The number of amides is 1. The average Bonchev–Trinajstić information content (AvgIpc) is 3.30. The van der Waals surface area contributed by atoms with Gasteiger partial charge in [-0.2, -0.15) is 0 Å². The Labute approximate surface area is 195 Å². The smallest absolute Gasteiger partial charge is 0.224 e. The van der Waals surface area contributed by atoms with Crippen LogP contribution in [0.5, 0.6) is 0 Å². The van der Waals surface area contributed by atoms with Crippen LogP contribution in [0.2, 0.25) is 0 Å². The standard InChI is InChI=1S/C25H24FN5OS/c26-19-6-8-20(9-7-19)30-12-14-31(15-13-30)22(32)10-11-27-24-23-21(18-4-2-1-3-5-18)16-33-25(23)29-17-28-24/h1-9,16-17H,10-15H2,(H,27,28,29). The highest BCUT2D eigenvalue weighted by molar-refractivity contribution is 7.17. The van der Waals surface area contributed by atoms with E-state index in [0.717, 1.165) is 45.9 Å². The second-order valence-corrected chi connectivity index (χ2v) is 8.80. The number of hydrogen-bond donors (Lipinski definition) is 1. The van der Waals surface area contributed by atoms with Crippen LogP contribution in [0.25, 0.3) is 21.3 Å². The summed E-state index contributed by atoms with van der Waals surface area (Å²) in [7, 11) is 0. The third-order valence-electron chi connectivity index (χ3n) is 5.91. The number of rotatable bonds is 6. The number of carbonyl (C=O) groups is 1. The molecule has 1 N–H and O–H groups in total. The van der Waals surface area contributed by atoms with Crippen molar-refractivity contribution in [3.05, 3.63) is 72.1 Å². The number of hydrogen-bond acceptors (Lipinski definition) is 6. The van der Waals surface area contributed by atoms with E-state index < -0.39 is 0 Å². The Morgan fingerprint density at radius 2 is 1.76 bits per heavy atom. The minimum absolute atomic E-state index is 0.125. The number of piperazine rings is 1. The number of carbonyl (C=O) groups excluding carboxylic acids is 1. The molecule has 6 nitrogen and oxygen atoms in total. The summed E-state index contributed by atoms with van der Waals surface area (Å²) in [5.74, 6) is 0.647. The van der Waals surface area contributed by atoms with E-state index in [1.807, 2.05) is 23.1 Å². The average molecular weight is 462 g/mol. The van der Waals surface area contributed by atoms with Crippen LogP contribution in [0.3, 0.4) is 0 Å². The first-order valence-electron chi connectivity index (χ1n) is 11.0. The third kappa shape index (κ3) is 4.66. The predicted octanol–water partition coefficient (Wildman–Crippen LogP) is 4.65. The molecule has 0 atom stereocenters. The molecule has 1 aliphatic rings. The van der Waals surface area contributed by atoms with Gasteiger partial charge in [0.25, 0.3) is 0 Å². The van der Waals surface area contributed by atoms with Gasteiger partial charge in [0.15, 0.2) is 0 Å². The second-order valence-electron chi connectivity index (χ2n) is 7.94. The van der Waals surface area contributed by atoms with Gasteiger partial charge in [0.05, 0.1) is 5.39 Å². The summed E-state index contributed by atoms with van der Waals surface area (Å²) >= 11 is 1.59. The van der Waals surface area contributed by atoms with E-state index in [1.165, 1.54) is 12.1 Å². The molecule has 2 aromatic heterocycles. The molecule has 8 heteroatoms. The fourth-order valence-corrected chi connectivity index (χ4v) is 5.07. The molecular formula is C25H24FN5OS. The van der Waals surface area contributed by atoms with Crippen LogP contribution < -0.4 is 10.2 Å². The monoisotopic (exact) mass is 461 g/mol. The molecule has 0 aliphatic carbocycles. The molecule has 4 aromatic rings. The van der Waals surface area contributed by atoms with E-state index in [9.17, 15) is 9.18 Å². The van der Waals surface area contributed by atoms with Gasteiger partial charge in [-0.25, -0.2) is 14.4 Å². The molecule has 0 bridgehead atoms. The number of nitrogens with zero attached hydrogens (tertiary/aromatic N) is 4. The Morgan fingerprint density at radius 3 is 2.52 bits per heavy atom. The lowest BCUT2D eigenvalue weighted by molar-refractivity contribution is -0.131. The number of thiophene rings is 1. The van der Waals surface area contributed by atoms with Gasteiger partial charge in [-0.15, -0.1) is 11.3 Å². The zero-order valence-corrected chi connectivity index (χ0v) is 18.9. The van der Waals surface area contributed by atoms with Crippen LogP contribution in [0.15, 0.2) is 66.3 Å². The van der Waals surface area contributed by atoms with Crippen LogP contribution in [0.1, 0.15) is 6.42 Å². The zero-order valence-electron chi connectivity index (χ0n) is 18.1. The summed E-state index contributed by atoms with van der Waals surface area (Å²) in [6.45, 7) is 3.32. The summed E-state index contributed by atoms with van der Waals surface area (Å²) in [5, 5.41) is 6.45. The van der Waals surface area contributed by atoms with Gasteiger partial charge in [0.2, 0.25) is 5.91 Å². The fraction of sp³-hybridized carbons (Fsp3) is 0.240. The Balaban J connectivity index is 1.19. The van der Waals surface area contributed by atoms with Crippen molar-refractivity contribution in [3.8, 4) is 11.1 Å². The molecule has 1 fully saturated rings. The maximum atomic E-state index is 13.2. The number of nitrogens with one attached hydrogen (secondary N) is 1. The zero-order chi connectivity index (χ0) is 22.6. The molecule has 1 amide bonds. The molecule has 3 heterocycles. The maximum absolute atomic E-state index is 13.2. The van der Waals surface area contributed by atoms with E-state index in [1.54, 1.807) is 29.8 Å². The van der Waals surface area contributed by atoms with Crippen LogP contribution in [0, 0.1) is 5.82 Å². The Bertz CT molecular complexity index is 1240. The minimum Gasteiger partial charge on any atom is -0.369 e. The highest BCUT2D eigenvalue weighted by Crippen LogP contribution is 2.36. The highest BCUT2D eigenvalue weighted by atomic mass is 32.1. The summed E-state index contributed by atoms with van der Waals surface area (Å²) in [6.07, 6.45) is 1.96. The lowest BCUT2D eigenvalue weighted by Crippen LogP contribution is -2.49. The number of benzene rings is 2. The van der Waals surface area contributed by atoms with Crippen molar-refractivity contribution in [1.82, 2.24) is 14.9 Å². The number of anilines is 2. The molecule has 1 saturated heterocycles. The number of halogens is 1. The van der Waals surface area contributed by atoms with E-state index in [2.05, 4.69) is 37.7 Å². The van der Waals surface area contributed by atoms with Crippen LogP contribution in [0.4, 0.5) is 15.9 Å². The molecule has 0 saturated carbocycles. The number of aromatic nitrogens is 2. The van der Waals surface area contributed by atoms with E-state index in [-0.39, 0.29) is 11.7 Å². The first kappa shape index (κ1) is 21.3. The van der Waals surface area contributed by atoms with Crippen LogP contribution in [-0.4, -0.2) is 53.5 Å². The largest absolute Gasteiger partial charge is 0.369 e. The molecule has 0 radical (unpaired) electrons. The van der Waals surface area contributed by atoms with Gasteiger partial charge >= 0.3 is 0 Å². The van der Waals surface area contributed by atoms with Crippen molar-refractivity contribution in [1.29, 1.82) is 0 Å². The molecule has 33 heavy (non-hydrogen) atoms. The topological polar surface area (TPSA) is 61.4 Å². The van der Waals surface area contributed by atoms with E-state index in [4.69, 9.17) is 0 Å². The predicted molar refractivity (Wildman–Crippen MR) is 131 cm³/mol. The summed E-state index contributed by atoms with van der Waals surface area (Å²) in [5.41, 5.74) is 3.21. The van der Waals surface area contributed by atoms with Gasteiger partial charge in [0, 0.05) is 55.8 Å². The van der Waals surface area contributed by atoms with Crippen molar-refractivity contribution in [2.75, 3.05) is 42.9 Å². The second kappa shape index (κ2) is 9.54. The van der Waals surface area contributed by atoms with Gasteiger partial charge in [0.1, 0.15) is 22.8 Å². The molecular weight excluding hydrogens is 437 g/mol. The highest BCUT2D eigenvalue weighted by Gasteiger charge is 2.21. The quantitative estimate of drug-likeness (QED) is 0.453. The van der Waals surface area contributed by atoms with Crippen molar-refractivity contribution >= 4 is 39.0 Å². The van der Waals surface area contributed by atoms with Crippen molar-refractivity contribution in [3.63, 3.8) is 0 Å². The van der Waals surface area contributed by atoms with Gasteiger partial charge < -0.3 is 15.1 Å². The van der Waals surface area contributed by atoms with Crippen molar-refractivity contribution in [2.45, 2.75) is 6.42 Å². The SMILES string of the molecule is O=C(CCNc1ncnc2scc(-c3ccccc3)c12)N1CCN(c2ccc(F)cc2)CC1. The van der Waals surface area contributed by atoms with E-state index >= 15 is 0 Å². The Hall–Kier alpha value is -3.52. The Kier molecular flexibility index (Phi) is 6.17. The van der Waals surface area contributed by atoms with Crippen LogP contribution >= 0.6 is 11.3 Å². The molecule has 2 aromatic carbocycles. The first-order valence-corrected chi connectivity index (χ1v) is 11.9. The molecule has 0 spiro atoms. The summed E-state index contributed by atoms with van der Waals surface area (Å²) < 4.78 is 13.2. The van der Waals surface area contributed by atoms with Crippen molar-refractivity contribution in [2.24, 2.45) is 0 Å². The fourth-order valence-electron chi connectivity index (χ4n) is 4.15. The first-order chi connectivity index (χ1) is 16.2. The van der Waals surface area contributed by atoms with Gasteiger partial charge in [-0.1, -0.05) is 30.3 Å². The minimum atomic E-state index is -0.237. The Morgan fingerprint density at radius 1 is 1.00 bits per heavy atom. The van der Waals surface area contributed by atoms with Gasteiger partial charge in [-0.05, 0) is 29.8 Å². The maximum Gasteiger partial charge on any atom is 0.224 e. The summed E-state index contributed by atoms with van der Waals surface area (Å²) in [6, 6.07) is 16.7. The molecule has 1 aliphatic heterocycles. The van der Waals surface area contributed by atoms with Gasteiger partial charge in [-0.3, -0.25) is 4.79 Å². The lowest BCUT2D eigenvalue weighted by Gasteiger charge is -2.36. The third-order valence-corrected chi connectivity index (χ3v) is 6.80. The summed E-state index contributed by atoms with van der Waals surface area (Å²) in [4.78, 5) is 26.6. The lowest BCUT2D eigenvalue weighted by atomic mass is 10.1. The molecule has 168 valence electrons. The molecule has 0 unspecified atom stereocenters. The van der Waals surface area contributed by atoms with Crippen LogP contribution in [-0.2, 0) is 4.79 Å². The number of fused-ring (bicyclic) bond motifs is 1. The normalized spacial score (nSPS) is 14.0. The van der Waals surface area contributed by atoms with E-state index in [0.29, 0.717) is 26.1 Å². The molecule has 5 rings (SSSR count).